The number of methoxy groups -OCH3 is 1. The molecule has 0 bridgehead atoms. The van der Waals surface area contributed by atoms with Crippen molar-refractivity contribution >= 4 is 23.7 Å². The molecule has 4 amide bonds. The van der Waals surface area contributed by atoms with Crippen molar-refractivity contribution in [3.8, 4) is 0 Å². The van der Waals surface area contributed by atoms with E-state index in [4.69, 9.17) is 4.74 Å². The molecule has 3 heterocycles. The number of hydrogen-bond acceptors (Lipinski definition) is 8. The number of anilines is 1. The number of aromatic nitrogens is 3. The summed E-state index contributed by atoms with van der Waals surface area (Å²) >= 11 is 0. The van der Waals surface area contributed by atoms with E-state index in [1.807, 2.05) is 5.32 Å². The van der Waals surface area contributed by atoms with E-state index in [1.54, 1.807) is 6.92 Å². The summed E-state index contributed by atoms with van der Waals surface area (Å²) in [4.78, 5) is 44.0. The van der Waals surface area contributed by atoms with E-state index in [1.165, 1.54) is 25.4 Å². The van der Waals surface area contributed by atoms with Crippen molar-refractivity contribution in [3.63, 3.8) is 0 Å². The molecule has 1 fully saturated rings. The first-order chi connectivity index (χ1) is 20.0. The Balaban J connectivity index is 1.77. The number of nitrogens with zero attached hydrogens (tertiary/aromatic N) is 4. The van der Waals surface area contributed by atoms with Gasteiger partial charge in [-0.25, -0.2) is 14.4 Å². The van der Waals surface area contributed by atoms with Crippen LogP contribution in [-0.4, -0.2) is 76.6 Å². The van der Waals surface area contributed by atoms with E-state index in [9.17, 15) is 27.6 Å². The van der Waals surface area contributed by atoms with Gasteiger partial charge in [-0.3, -0.25) is 9.59 Å². The van der Waals surface area contributed by atoms with Crippen LogP contribution in [0.25, 0.3) is 0 Å². The molecule has 2 aromatic heterocycles. The number of pyridine rings is 1. The standard InChI is InChI=1S/C27H38F3N7O5/c1-5-8-16(3)9-7-10-19(32-25(39)23-18(6-2)35-42-36-23)24(38)34-22-13-17(11-12-31-22)20(15-41-4)37-14-21(27(28,29)30)33-26(37)40/h11-13,16,19-21H,5-10,14-15H2,1-4H3,(H,32,39)(H,33,40)(H,31,34,38)/t16-,19-,20?,21-/m0/s1. The molecule has 1 aliphatic heterocycles. The molecule has 1 unspecified atom stereocenters. The minimum atomic E-state index is -4.60. The largest absolute Gasteiger partial charge is 0.410 e. The monoisotopic (exact) mass is 597 g/mol. The van der Waals surface area contributed by atoms with E-state index in [2.05, 4.69) is 44.4 Å². The van der Waals surface area contributed by atoms with Gasteiger partial charge in [0.15, 0.2) is 5.69 Å². The molecule has 2 aromatic rings. The Hall–Kier alpha value is -3.75. The molecular formula is C27H38F3N7O5. The van der Waals surface area contributed by atoms with Crippen LogP contribution in [0.4, 0.5) is 23.8 Å². The van der Waals surface area contributed by atoms with Crippen LogP contribution in [0.2, 0.25) is 0 Å². The summed E-state index contributed by atoms with van der Waals surface area (Å²) in [5, 5.41) is 14.7. The number of nitrogens with one attached hydrogen (secondary N) is 3. The van der Waals surface area contributed by atoms with Gasteiger partial charge in [-0.15, -0.1) is 0 Å². The van der Waals surface area contributed by atoms with Gasteiger partial charge in [0.2, 0.25) is 5.91 Å². The van der Waals surface area contributed by atoms with E-state index in [-0.39, 0.29) is 18.1 Å². The van der Waals surface area contributed by atoms with Gasteiger partial charge in [0, 0.05) is 13.3 Å². The van der Waals surface area contributed by atoms with Crippen LogP contribution in [0.5, 0.6) is 0 Å². The van der Waals surface area contributed by atoms with E-state index < -0.39 is 48.7 Å². The highest BCUT2D eigenvalue weighted by atomic mass is 19.4. The van der Waals surface area contributed by atoms with Crippen molar-refractivity contribution in [3.05, 3.63) is 35.3 Å². The first-order valence-corrected chi connectivity index (χ1v) is 14.0. The van der Waals surface area contributed by atoms with Gasteiger partial charge in [-0.1, -0.05) is 51.6 Å². The third-order valence-corrected chi connectivity index (χ3v) is 7.15. The molecule has 42 heavy (non-hydrogen) atoms. The fourth-order valence-electron chi connectivity index (χ4n) is 4.89. The lowest BCUT2D eigenvalue weighted by molar-refractivity contribution is -0.150. The fourth-order valence-corrected chi connectivity index (χ4v) is 4.89. The second-order valence-corrected chi connectivity index (χ2v) is 10.4. The van der Waals surface area contributed by atoms with Crippen molar-refractivity contribution < 1.29 is 36.9 Å². The number of rotatable bonds is 15. The molecule has 4 atom stereocenters. The van der Waals surface area contributed by atoms with Crippen LogP contribution >= 0.6 is 0 Å². The maximum Gasteiger partial charge on any atom is 0.410 e. The highest BCUT2D eigenvalue weighted by Gasteiger charge is 2.48. The molecule has 0 aliphatic carbocycles. The van der Waals surface area contributed by atoms with Gasteiger partial charge in [0.05, 0.1) is 19.2 Å². The van der Waals surface area contributed by atoms with Crippen molar-refractivity contribution in [2.45, 2.75) is 83.6 Å². The lowest BCUT2D eigenvalue weighted by atomic mass is 9.97. The number of amides is 4. The van der Waals surface area contributed by atoms with Crippen LogP contribution in [-0.2, 0) is 16.0 Å². The Morgan fingerprint density at radius 2 is 2.00 bits per heavy atom. The number of halogens is 3. The predicted octanol–water partition coefficient (Wildman–Crippen LogP) is 4.01. The second kappa shape index (κ2) is 14.9. The van der Waals surface area contributed by atoms with E-state index in [0.717, 1.165) is 24.2 Å². The Morgan fingerprint density at radius 1 is 1.24 bits per heavy atom. The van der Waals surface area contributed by atoms with Crippen molar-refractivity contribution in [2.75, 3.05) is 25.6 Å². The normalized spacial score (nSPS) is 17.5. The molecule has 3 N–H and O–H groups in total. The fraction of sp³-hybridized carbons (Fsp3) is 0.630. The summed E-state index contributed by atoms with van der Waals surface area (Å²) in [6.45, 7) is 5.35. The minimum absolute atomic E-state index is 0.00164. The number of ether oxygens (including phenoxy) is 1. The number of aryl methyl sites for hydroxylation is 1. The van der Waals surface area contributed by atoms with Crippen LogP contribution in [0.3, 0.4) is 0 Å². The van der Waals surface area contributed by atoms with Gasteiger partial charge >= 0.3 is 12.2 Å². The molecule has 0 radical (unpaired) electrons. The Bertz CT molecular complexity index is 1210. The molecule has 1 aliphatic rings. The number of hydrogen-bond donors (Lipinski definition) is 3. The Labute approximate surface area is 242 Å². The minimum Gasteiger partial charge on any atom is -0.382 e. The first-order valence-electron chi connectivity index (χ1n) is 14.0. The number of urea groups is 1. The topological polar surface area (TPSA) is 152 Å². The van der Waals surface area contributed by atoms with Crippen LogP contribution < -0.4 is 16.0 Å². The van der Waals surface area contributed by atoms with Gasteiger partial charge in [-0.2, -0.15) is 13.2 Å². The lowest BCUT2D eigenvalue weighted by Crippen LogP contribution is -2.44. The van der Waals surface area contributed by atoms with Crippen molar-refractivity contribution in [1.82, 2.24) is 30.8 Å². The van der Waals surface area contributed by atoms with Gasteiger partial charge in [-0.05, 0) is 41.6 Å². The summed E-state index contributed by atoms with van der Waals surface area (Å²) in [6, 6.07) is -1.70. The smallest absolute Gasteiger partial charge is 0.382 e. The van der Waals surface area contributed by atoms with Crippen molar-refractivity contribution in [2.24, 2.45) is 5.92 Å². The van der Waals surface area contributed by atoms with Gasteiger partial charge in [0.1, 0.15) is 23.6 Å². The van der Waals surface area contributed by atoms with Crippen LogP contribution in [0, 0.1) is 5.92 Å². The number of carbonyl (C=O) groups is 3. The van der Waals surface area contributed by atoms with Crippen molar-refractivity contribution in [1.29, 1.82) is 0 Å². The first kappa shape index (κ1) is 32.8. The molecule has 0 saturated carbocycles. The maximum atomic E-state index is 13.4. The molecule has 1 saturated heterocycles. The maximum absolute atomic E-state index is 13.4. The third kappa shape index (κ3) is 8.63. The Morgan fingerprint density at radius 3 is 2.64 bits per heavy atom. The van der Waals surface area contributed by atoms with Crippen LogP contribution in [0.1, 0.15) is 80.7 Å². The molecule has 0 spiro atoms. The van der Waals surface area contributed by atoms with E-state index in [0.29, 0.717) is 36.4 Å². The van der Waals surface area contributed by atoms with Gasteiger partial charge in [0.25, 0.3) is 5.91 Å². The second-order valence-electron chi connectivity index (χ2n) is 10.4. The van der Waals surface area contributed by atoms with Crippen LogP contribution in [0.15, 0.2) is 23.0 Å². The summed E-state index contributed by atoms with van der Waals surface area (Å²) in [7, 11) is 1.37. The summed E-state index contributed by atoms with van der Waals surface area (Å²) in [6.07, 6.45) is 1.15. The zero-order chi connectivity index (χ0) is 30.9. The third-order valence-electron chi connectivity index (χ3n) is 7.15. The molecule has 232 valence electrons. The summed E-state index contributed by atoms with van der Waals surface area (Å²) in [5.41, 5.74) is 0.772. The zero-order valence-electron chi connectivity index (χ0n) is 24.2. The highest BCUT2D eigenvalue weighted by molar-refractivity contribution is 6.00. The predicted molar refractivity (Wildman–Crippen MR) is 145 cm³/mol. The van der Waals surface area contributed by atoms with E-state index >= 15 is 0 Å². The average molecular weight is 598 g/mol. The highest BCUT2D eigenvalue weighted by Crippen LogP contribution is 2.30. The zero-order valence-corrected chi connectivity index (χ0v) is 24.2. The molecule has 12 nitrogen and oxygen atoms in total. The summed E-state index contributed by atoms with van der Waals surface area (Å²) in [5.74, 6) is -0.584. The van der Waals surface area contributed by atoms with Gasteiger partial charge < -0.3 is 25.6 Å². The molecule has 0 aromatic carbocycles. The molecular weight excluding hydrogens is 559 g/mol. The SMILES string of the molecule is CCC[C@H](C)CCC[C@H](NC(=O)c1nonc1CC)C(=O)Nc1cc(C(COC)N2C[C@@H](C(F)(F)F)NC2=O)ccn1. The number of carbonyl (C=O) groups excluding carboxylic acids is 3. The molecule has 15 heteroatoms. The lowest BCUT2D eigenvalue weighted by Gasteiger charge is -2.27. The number of alkyl halides is 3. The average Bonchev–Trinajstić information content (AvgIpc) is 3.58. The Kier molecular flexibility index (Phi) is 11.6. The summed E-state index contributed by atoms with van der Waals surface area (Å²) < 4.78 is 49.7. The molecule has 3 rings (SSSR count). The quantitative estimate of drug-likeness (QED) is 0.279.